The van der Waals surface area contributed by atoms with Gasteiger partial charge in [0.1, 0.15) is 0 Å². The Hall–Kier alpha value is -1.31. The van der Waals surface area contributed by atoms with E-state index in [0.717, 1.165) is 18.7 Å². The molecule has 1 atom stereocenters. The third kappa shape index (κ3) is 3.41. The van der Waals surface area contributed by atoms with E-state index in [1.165, 1.54) is 30.4 Å². The Morgan fingerprint density at radius 2 is 1.70 bits per heavy atom. The summed E-state index contributed by atoms with van der Waals surface area (Å²) in [6.07, 6.45) is 4.65. The molecule has 1 saturated heterocycles. The second kappa shape index (κ2) is 8.08. The van der Waals surface area contributed by atoms with Crippen LogP contribution in [-0.2, 0) is 17.6 Å². The minimum Gasteiger partial charge on any atom is -0.312 e. The second-order valence-corrected chi connectivity index (χ2v) is 4.99. The van der Waals surface area contributed by atoms with E-state index >= 15 is 0 Å². The van der Waals surface area contributed by atoms with E-state index < -0.39 is 0 Å². The first-order valence-electron chi connectivity index (χ1n) is 8.19. The first kappa shape index (κ1) is 16.7. The summed E-state index contributed by atoms with van der Waals surface area (Å²) in [7, 11) is 0. The molecule has 112 valence electrons. The van der Waals surface area contributed by atoms with Crippen LogP contribution in [0, 0.1) is 5.92 Å². The normalized spacial score (nSPS) is 19.8. The molecule has 1 aromatic carbocycles. The average molecular weight is 275 g/mol. The van der Waals surface area contributed by atoms with E-state index in [2.05, 4.69) is 18.2 Å². The van der Waals surface area contributed by atoms with Crippen molar-refractivity contribution in [3.63, 3.8) is 0 Å². The Morgan fingerprint density at radius 3 is 2.30 bits per heavy atom. The molecule has 1 unspecified atom stereocenters. The van der Waals surface area contributed by atoms with E-state index in [4.69, 9.17) is 0 Å². The summed E-state index contributed by atoms with van der Waals surface area (Å²) >= 11 is 0. The lowest BCUT2D eigenvalue weighted by molar-refractivity contribution is -0.119. The molecule has 1 aliphatic carbocycles. The van der Waals surface area contributed by atoms with Gasteiger partial charge < -0.3 is 4.90 Å². The maximum Gasteiger partial charge on any atom is 0.229 e. The van der Waals surface area contributed by atoms with Crippen molar-refractivity contribution < 1.29 is 4.79 Å². The van der Waals surface area contributed by atoms with Crippen LogP contribution in [0.3, 0.4) is 0 Å². The van der Waals surface area contributed by atoms with Crippen molar-refractivity contribution in [3.8, 4) is 0 Å². The van der Waals surface area contributed by atoms with Gasteiger partial charge in [-0.1, -0.05) is 40.7 Å². The molecule has 0 radical (unpaired) electrons. The van der Waals surface area contributed by atoms with Crippen molar-refractivity contribution in [2.45, 2.75) is 60.3 Å². The third-order valence-electron chi connectivity index (χ3n) is 3.87. The summed E-state index contributed by atoms with van der Waals surface area (Å²) in [6, 6.07) is 6.53. The number of anilines is 1. The van der Waals surface area contributed by atoms with Crippen molar-refractivity contribution in [2.24, 2.45) is 5.92 Å². The number of amides is 1. The first-order chi connectivity index (χ1) is 9.75. The number of aryl methyl sites for hydroxylation is 2. The van der Waals surface area contributed by atoms with Gasteiger partial charge in [0, 0.05) is 18.2 Å². The largest absolute Gasteiger partial charge is 0.312 e. The lowest BCUT2D eigenvalue weighted by Crippen LogP contribution is -2.26. The Balaban J connectivity index is 0.000000461. The van der Waals surface area contributed by atoms with Crippen molar-refractivity contribution in [1.82, 2.24) is 0 Å². The van der Waals surface area contributed by atoms with Crippen molar-refractivity contribution in [2.75, 3.05) is 11.4 Å². The van der Waals surface area contributed by atoms with Gasteiger partial charge in [-0.25, -0.2) is 0 Å². The van der Waals surface area contributed by atoms with Gasteiger partial charge in [-0.15, -0.1) is 0 Å². The maximum atomic E-state index is 11.9. The topological polar surface area (TPSA) is 20.3 Å². The number of carbonyl (C=O) groups is 1. The van der Waals surface area contributed by atoms with Crippen LogP contribution < -0.4 is 4.90 Å². The third-order valence-corrected chi connectivity index (χ3v) is 3.87. The second-order valence-electron chi connectivity index (χ2n) is 4.99. The van der Waals surface area contributed by atoms with E-state index in [1.807, 2.05) is 39.5 Å². The van der Waals surface area contributed by atoms with E-state index in [0.29, 0.717) is 0 Å². The van der Waals surface area contributed by atoms with Gasteiger partial charge in [-0.3, -0.25) is 4.79 Å². The Labute approximate surface area is 124 Å². The van der Waals surface area contributed by atoms with Crippen LogP contribution in [0.25, 0.3) is 0 Å². The molecule has 2 aliphatic rings. The predicted octanol–water partition coefficient (Wildman–Crippen LogP) is 4.60. The molecule has 0 bridgehead atoms. The monoisotopic (exact) mass is 275 g/mol. The van der Waals surface area contributed by atoms with E-state index in [1.54, 1.807) is 0 Å². The number of hydrogen-bond acceptors (Lipinski definition) is 1. The molecule has 2 nitrogen and oxygen atoms in total. The molecular weight excluding hydrogens is 246 g/mol. The molecule has 1 fully saturated rings. The van der Waals surface area contributed by atoms with Crippen LogP contribution in [0.5, 0.6) is 0 Å². The minimum atomic E-state index is 0.202. The van der Waals surface area contributed by atoms with Gasteiger partial charge in [0.15, 0.2) is 0 Å². The lowest BCUT2D eigenvalue weighted by Gasteiger charge is -2.17. The standard InChI is InChI=1S/C14H17NO.2C2H6/c1-10-7-8-15(14(10)16)13-6-5-11-3-2-4-12(11)9-13;2*1-2/h5-6,9-10H,2-4,7-8H2,1H3;2*1-2H3. The molecule has 0 N–H and O–H groups in total. The Bertz CT molecular complexity index is 439. The molecule has 20 heavy (non-hydrogen) atoms. The Kier molecular flexibility index (Phi) is 6.77. The van der Waals surface area contributed by atoms with Crippen LogP contribution in [0.4, 0.5) is 5.69 Å². The number of fused-ring (bicyclic) bond motifs is 1. The van der Waals surface area contributed by atoms with Crippen LogP contribution in [0.1, 0.15) is 58.6 Å². The van der Waals surface area contributed by atoms with Crippen LogP contribution >= 0.6 is 0 Å². The summed E-state index contributed by atoms with van der Waals surface area (Å²) in [5.74, 6) is 0.492. The van der Waals surface area contributed by atoms with E-state index in [-0.39, 0.29) is 11.8 Å². The van der Waals surface area contributed by atoms with Gasteiger partial charge >= 0.3 is 0 Å². The highest BCUT2D eigenvalue weighted by Crippen LogP contribution is 2.30. The first-order valence-corrected chi connectivity index (χ1v) is 8.19. The van der Waals surface area contributed by atoms with Crippen LogP contribution in [0.15, 0.2) is 18.2 Å². The van der Waals surface area contributed by atoms with Crippen molar-refractivity contribution in [3.05, 3.63) is 29.3 Å². The fourth-order valence-corrected chi connectivity index (χ4v) is 2.80. The van der Waals surface area contributed by atoms with Gasteiger partial charge in [0.05, 0.1) is 0 Å². The van der Waals surface area contributed by atoms with Gasteiger partial charge in [0.25, 0.3) is 0 Å². The van der Waals surface area contributed by atoms with Crippen molar-refractivity contribution >= 4 is 11.6 Å². The number of nitrogens with zero attached hydrogens (tertiary/aromatic N) is 1. The highest BCUT2D eigenvalue weighted by atomic mass is 16.2. The minimum absolute atomic E-state index is 0.202. The SMILES string of the molecule is CC.CC.CC1CCN(c2ccc3c(c2)CCC3)C1=O. The summed E-state index contributed by atoms with van der Waals surface area (Å²) in [6.45, 7) is 10.9. The number of carbonyl (C=O) groups excluding carboxylic acids is 1. The molecule has 3 rings (SSSR count). The van der Waals surface area contributed by atoms with Crippen LogP contribution in [0.2, 0.25) is 0 Å². The fourth-order valence-electron chi connectivity index (χ4n) is 2.80. The molecule has 1 aromatic rings. The van der Waals surface area contributed by atoms with E-state index in [9.17, 15) is 4.79 Å². The van der Waals surface area contributed by atoms with Gasteiger partial charge in [-0.05, 0) is 48.9 Å². The summed E-state index contributed by atoms with van der Waals surface area (Å²) in [5.41, 5.74) is 4.03. The lowest BCUT2D eigenvalue weighted by atomic mass is 10.1. The summed E-state index contributed by atoms with van der Waals surface area (Å²) < 4.78 is 0. The summed E-state index contributed by atoms with van der Waals surface area (Å²) in [4.78, 5) is 13.9. The molecule has 1 amide bonds. The predicted molar refractivity (Wildman–Crippen MR) is 87.3 cm³/mol. The van der Waals surface area contributed by atoms with Gasteiger partial charge in [0.2, 0.25) is 5.91 Å². The molecule has 0 spiro atoms. The fraction of sp³-hybridized carbons (Fsp3) is 0.611. The highest BCUT2D eigenvalue weighted by molar-refractivity contribution is 5.97. The smallest absolute Gasteiger partial charge is 0.229 e. The number of benzene rings is 1. The molecular formula is C18H29NO. The zero-order valence-electron chi connectivity index (χ0n) is 13.7. The Morgan fingerprint density at radius 1 is 1.05 bits per heavy atom. The molecule has 0 aromatic heterocycles. The maximum absolute atomic E-state index is 11.9. The highest BCUT2D eigenvalue weighted by Gasteiger charge is 2.29. The number of hydrogen-bond donors (Lipinski definition) is 0. The summed E-state index contributed by atoms with van der Waals surface area (Å²) in [5, 5.41) is 0. The van der Waals surface area contributed by atoms with Crippen molar-refractivity contribution in [1.29, 1.82) is 0 Å². The molecule has 2 heteroatoms. The zero-order valence-corrected chi connectivity index (χ0v) is 13.7. The average Bonchev–Trinajstić information content (AvgIpc) is 3.10. The van der Waals surface area contributed by atoms with Crippen LogP contribution in [-0.4, -0.2) is 12.5 Å². The molecule has 1 aliphatic heterocycles. The van der Waals surface area contributed by atoms with Gasteiger partial charge in [-0.2, -0.15) is 0 Å². The number of rotatable bonds is 1. The molecule has 1 heterocycles. The molecule has 0 saturated carbocycles. The quantitative estimate of drug-likeness (QED) is 0.733. The zero-order chi connectivity index (χ0) is 15.1.